The Bertz CT molecular complexity index is 740. The van der Waals surface area contributed by atoms with E-state index in [2.05, 4.69) is 27.1 Å². The third-order valence-corrected chi connectivity index (χ3v) is 4.23. The van der Waals surface area contributed by atoms with E-state index < -0.39 is 0 Å². The van der Waals surface area contributed by atoms with E-state index in [-0.39, 0.29) is 17.3 Å². The summed E-state index contributed by atoms with van der Waals surface area (Å²) in [4.78, 5) is 33.4. The Hall–Kier alpha value is -2.21. The third-order valence-electron chi connectivity index (χ3n) is 4.23. The first-order valence-electron chi connectivity index (χ1n) is 7.70. The summed E-state index contributed by atoms with van der Waals surface area (Å²) >= 11 is 0. The number of nitrogens with zero attached hydrogens (tertiary/aromatic N) is 2. The number of hydrogen-bond donors (Lipinski definition) is 2. The first kappa shape index (κ1) is 14.7. The molecule has 2 heterocycles. The number of hydrogen-bond acceptors (Lipinski definition) is 4. The smallest absolute Gasteiger partial charge is 0.287 e. The summed E-state index contributed by atoms with van der Waals surface area (Å²) in [6.07, 6.45) is 2.26. The fourth-order valence-corrected chi connectivity index (χ4v) is 3.03. The summed E-state index contributed by atoms with van der Waals surface area (Å²) in [5.74, 6) is -0.254. The first-order chi connectivity index (χ1) is 10.7. The van der Waals surface area contributed by atoms with Crippen LogP contribution in [0.4, 0.5) is 0 Å². The minimum atomic E-state index is -0.328. The van der Waals surface area contributed by atoms with Crippen LogP contribution in [0.5, 0.6) is 0 Å². The molecule has 0 saturated carbocycles. The van der Waals surface area contributed by atoms with Crippen molar-refractivity contribution in [2.75, 3.05) is 19.6 Å². The van der Waals surface area contributed by atoms with Gasteiger partial charge in [0.05, 0.1) is 10.9 Å². The molecular weight excluding hydrogens is 280 g/mol. The number of rotatable bonds is 4. The number of aromatic nitrogens is 2. The summed E-state index contributed by atoms with van der Waals surface area (Å²) < 4.78 is 0. The van der Waals surface area contributed by atoms with Crippen LogP contribution >= 0.6 is 0 Å². The van der Waals surface area contributed by atoms with Crippen LogP contribution in [0.25, 0.3) is 10.9 Å². The Kier molecular flexibility index (Phi) is 4.20. The fourth-order valence-electron chi connectivity index (χ4n) is 3.03. The predicted octanol–water partition coefficient (Wildman–Crippen LogP) is 1.14. The van der Waals surface area contributed by atoms with Crippen molar-refractivity contribution >= 4 is 16.8 Å². The molecule has 1 fully saturated rings. The molecule has 0 spiro atoms. The van der Waals surface area contributed by atoms with Gasteiger partial charge in [-0.05, 0) is 38.1 Å². The summed E-state index contributed by atoms with van der Waals surface area (Å²) in [6.45, 7) is 4.79. The molecule has 1 aromatic heterocycles. The Labute approximate surface area is 128 Å². The summed E-state index contributed by atoms with van der Waals surface area (Å²) in [7, 11) is 0. The highest BCUT2D eigenvalue weighted by Gasteiger charge is 2.23. The molecule has 3 rings (SSSR count). The topological polar surface area (TPSA) is 78.1 Å². The second-order valence-corrected chi connectivity index (χ2v) is 5.57. The number of fused-ring (bicyclic) bond motifs is 1. The third kappa shape index (κ3) is 2.87. The maximum absolute atomic E-state index is 12.2. The number of benzene rings is 1. The van der Waals surface area contributed by atoms with Gasteiger partial charge in [-0.2, -0.15) is 0 Å². The number of likely N-dealkylation sites (N-methyl/N-ethyl adjacent to an activating group) is 1. The van der Waals surface area contributed by atoms with E-state index in [0.29, 0.717) is 23.5 Å². The molecule has 0 radical (unpaired) electrons. The highest BCUT2D eigenvalue weighted by molar-refractivity contribution is 5.92. The molecule has 116 valence electrons. The van der Waals surface area contributed by atoms with E-state index in [1.165, 1.54) is 6.42 Å². The molecule has 0 bridgehead atoms. The van der Waals surface area contributed by atoms with E-state index in [0.717, 1.165) is 19.5 Å². The van der Waals surface area contributed by atoms with Gasteiger partial charge in [-0.25, -0.2) is 4.98 Å². The van der Waals surface area contributed by atoms with Crippen molar-refractivity contribution in [3.8, 4) is 0 Å². The van der Waals surface area contributed by atoms with Gasteiger partial charge in [0, 0.05) is 12.6 Å². The zero-order valence-electron chi connectivity index (χ0n) is 12.6. The van der Waals surface area contributed by atoms with Gasteiger partial charge in [-0.1, -0.05) is 19.1 Å². The lowest BCUT2D eigenvalue weighted by Crippen LogP contribution is -2.40. The van der Waals surface area contributed by atoms with Crippen molar-refractivity contribution in [2.24, 2.45) is 0 Å². The molecule has 0 aliphatic carbocycles. The minimum Gasteiger partial charge on any atom is -0.348 e. The van der Waals surface area contributed by atoms with Gasteiger partial charge in [-0.15, -0.1) is 0 Å². The molecule has 2 N–H and O–H groups in total. The molecule has 6 nitrogen and oxygen atoms in total. The lowest BCUT2D eigenvalue weighted by molar-refractivity contribution is 0.0931. The number of H-pyrrole nitrogens is 1. The zero-order chi connectivity index (χ0) is 15.5. The maximum atomic E-state index is 12.2. The van der Waals surface area contributed by atoms with E-state index in [9.17, 15) is 9.59 Å². The number of aromatic amines is 1. The second kappa shape index (κ2) is 6.27. The predicted molar refractivity (Wildman–Crippen MR) is 85.0 cm³/mol. The molecule has 1 saturated heterocycles. The van der Waals surface area contributed by atoms with E-state index >= 15 is 0 Å². The lowest BCUT2D eigenvalue weighted by atomic mass is 10.2. The monoisotopic (exact) mass is 300 g/mol. The number of carbonyl (C=O) groups excluding carboxylic acids is 1. The van der Waals surface area contributed by atoms with Crippen molar-refractivity contribution in [3.05, 3.63) is 40.4 Å². The SMILES string of the molecule is CCN1CCC[C@H]1CNC(=O)c1nc2ccccc2c(=O)[nH]1. The Balaban J connectivity index is 1.74. The van der Waals surface area contributed by atoms with Gasteiger partial charge in [0.25, 0.3) is 11.5 Å². The molecule has 22 heavy (non-hydrogen) atoms. The molecule has 6 heteroatoms. The van der Waals surface area contributed by atoms with E-state index in [1.807, 2.05) is 0 Å². The molecule has 1 aliphatic rings. The normalized spacial score (nSPS) is 18.7. The second-order valence-electron chi connectivity index (χ2n) is 5.57. The molecule has 1 amide bonds. The summed E-state index contributed by atoms with van der Waals surface area (Å²) in [6, 6.07) is 7.38. The van der Waals surface area contributed by atoms with Crippen LogP contribution in [0.2, 0.25) is 0 Å². The molecule has 1 aromatic carbocycles. The Morgan fingerprint density at radius 1 is 1.45 bits per heavy atom. The first-order valence-corrected chi connectivity index (χ1v) is 7.70. The van der Waals surface area contributed by atoms with Gasteiger partial charge < -0.3 is 10.3 Å². The number of para-hydroxylation sites is 1. The van der Waals surface area contributed by atoms with Gasteiger partial charge in [-0.3, -0.25) is 14.5 Å². The van der Waals surface area contributed by atoms with Crippen molar-refractivity contribution in [1.29, 1.82) is 0 Å². The molecule has 0 unspecified atom stereocenters. The van der Waals surface area contributed by atoms with Gasteiger partial charge in [0.2, 0.25) is 0 Å². The average molecular weight is 300 g/mol. The van der Waals surface area contributed by atoms with Crippen LogP contribution in [0, 0.1) is 0 Å². The quantitative estimate of drug-likeness (QED) is 0.887. The lowest BCUT2D eigenvalue weighted by Gasteiger charge is -2.22. The van der Waals surface area contributed by atoms with Crippen LogP contribution in [0.1, 0.15) is 30.4 Å². The average Bonchev–Trinajstić information content (AvgIpc) is 3.00. The Morgan fingerprint density at radius 2 is 2.27 bits per heavy atom. The maximum Gasteiger partial charge on any atom is 0.287 e. The largest absolute Gasteiger partial charge is 0.348 e. The van der Waals surface area contributed by atoms with Gasteiger partial charge in [0.15, 0.2) is 5.82 Å². The number of likely N-dealkylation sites (tertiary alicyclic amines) is 1. The van der Waals surface area contributed by atoms with Crippen molar-refractivity contribution in [1.82, 2.24) is 20.2 Å². The van der Waals surface area contributed by atoms with Crippen LogP contribution in [0.15, 0.2) is 29.1 Å². The molecule has 1 aliphatic heterocycles. The van der Waals surface area contributed by atoms with Crippen molar-refractivity contribution in [3.63, 3.8) is 0 Å². The van der Waals surface area contributed by atoms with Crippen LogP contribution in [0.3, 0.4) is 0 Å². The van der Waals surface area contributed by atoms with Crippen molar-refractivity contribution in [2.45, 2.75) is 25.8 Å². The molecule has 1 atom stereocenters. The molecule has 2 aromatic rings. The highest BCUT2D eigenvalue weighted by atomic mass is 16.2. The summed E-state index contributed by atoms with van der Waals surface area (Å²) in [5, 5.41) is 3.38. The van der Waals surface area contributed by atoms with E-state index in [4.69, 9.17) is 0 Å². The molecular formula is C16H20N4O2. The Morgan fingerprint density at radius 3 is 3.09 bits per heavy atom. The number of amides is 1. The summed E-state index contributed by atoms with van der Waals surface area (Å²) in [5.41, 5.74) is 0.249. The van der Waals surface area contributed by atoms with Crippen LogP contribution in [-0.2, 0) is 0 Å². The highest BCUT2D eigenvalue weighted by Crippen LogP contribution is 2.15. The zero-order valence-corrected chi connectivity index (χ0v) is 12.6. The number of nitrogens with one attached hydrogen (secondary N) is 2. The van der Waals surface area contributed by atoms with Gasteiger partial charge in [0.1, 0.15) is 0 Å². The van der Waals surface area contributed by atoms with E-state index in [1.54, 1.807) is 24.3 Å². The number of carbonyl (C=O) groups is 1. The standard InChI is InChI=1S/C16H20N4O2/c1-2-20-9-5-6-11(20)10-17-16(22)14-18-13-8-4-3-7-12(13)15(21)19-14/h3-4,7-8,11H,2,5-6,9-10H2,1H3,(H,17,22)(H,18,19,21)/t11-/m0/s1. The van der Waals surface area contributed by atoms with Crippen LogP contribution in [-0.4, -0.2) is 46.5 Å². The van der Waals surface area contributed by atoms with Crippen LogP contribution < -0.4 is 10.9 Å². The minimum absolute atomic E-state index is 0.0738. The van der Waals surface area contributed by atoms with Gasteiger partial charge >= 0.3 is 0 Å². The fraction of sp³-hybridized carbons (Fsp3) is 0.438. The van der Waals surface area contributed by atoms with Crippen molar-refractivity contribution < 1.29 is 4.79 Å².